The molecule has 0 saturated heterocycles. The van der Waals surface area contributed by atoms with Gasteiger partial charge < -0.3 is 0 Å². The van der Waals surface area contributed by atoms with E-state index < -0.39 is 33.2 Å². The monoisotopic (exact) mass is 253 g/mol. The molecule has 1 aromatic rings. The maximum Gasteiger partial charge on any atom is 0.232 e. The van der Waals surface area contributed by atoms with E-state index in [1.807, 2.05) is 0 Å². The summed E-state index contributed by atoms with van der Waals surface area (Å²) in [6.07, 6.45) is 0.314. The van der Waals surface area contributed by atoms with Crippen LogP contribution >= 0.6 is 0 Å². The summed E-state index contributed by atoms with van der Waals surface area (Å²) in [6.45, 7) is 1.61. The van der Waals surface area contributed by atoms with Crippen molar-refractivity contribution < 1.29 is 21.6 Å². The molecule has 7 heteroatoms. The van der Waals surface area contributed by atoms with Gasteiger partial charge in [-0.15, -0.1) is 0 Å². The average Bonchev–Trinajstić information content (AvgIpc) is 2.12. The van der Waals surface area contributed by atoms with Crippen molar-refractivity contribution in [2.75, 3.05) is 10.5 Å². The molecule has 0 aliphatic rings. The van der Waals surface area contributed by atoms with Crippen molar-refractivity contribution in [3.05, 3.63) is 29.6 Å². The van der Waals surface area contributed by atoms with Gasteiger partial charge in [-0.3, -0.25) is 4.72 Å². The summed E-state index contributed by atoms with van der Waals surface area (Å²) in [4.78, 5) is 0. The third-order valence-corrected chi connectivity index (χ3v) is 3.21. The SMILES string of the molecule is CCCS(=O)(=O)Nc1cc(F)cc(F)c1F. The third-order valence-electron chi connectivity index (χ3n) is 1.73. The molecule has 0 aliphatic heterocycles. The van der Waals surface area contributed by atoms with Crippen LogP contribution in [0.1, 0.15) is 13.3 Å². The zero-order valence-electron chi connectivity index (χ0n) is 8.43. The molecule has 16 heavy (non-hydrogen) atoms. The highest BCUT2D eigenvalue weighted by Gasteiger charge is 2.16. The normalized spacial score (nSPS) is 11.5. The topological polar surface area (TPSA) is 46.2 Å². The summed E-state index contributed by atoms with van der Waals surface area (Å²) in [5.74, 6) is -4.15. The van der Waals surface area contributed by atoms with Gasteiger partial charge in [0, 0.05) is 12.1 Å². The lowest BCUT2D eigenvalue weighted by atomic mass is 10.3. The molecule has 0 bridgehead atoms. The van der Waals surface area contributed by atoms with Crippen LogP contribution < -0.4 is 4.72 Å². The lowest BCUT2D eigenvalue weighted by molar-refractivity contribution is 0.498. The molecule has 0 saturated carbocycles. The number of rotatable bonds is 4. The van der Waals surface area contributed by atoms with Crippen LogP contribution in [-0.2, 0) is 10.0 Å². The highest BCUT2D eigenvalue weighted by molar-refractivity contribution is 7.92. The van der Waals surface area contributed by atoms with E-state index >= 15 is 0 Å². The number of anilines is 1. The number of hydrogen-bond donors (Lipinski definition) is 1. The van der Waals surface area contributed by atoms with Crippen molar-refractivity contribution in [1.82, 2.24) is 0 Å². The van der Waals surface area contributed by atoms with Gasteiger partial charge >= 0.3 is 0 Å². The summed E-state index contributed by atoms with van der Waals surface area (Å²) >= 11 is 0. The minimum absolute atomic E-state index is 0.245. The van der Waals surface area contributed by atoms with Gasteiger partial charge in [-0.05, 0) is 6.42 Å². The molecule has 0 heterocycles. The molecule has 3 nitrogen and oxygen atoms in total. The molecule has 1 aromatic carbocycles. The quantitative estimate of drug-likeness (QED) is 0.836. The molecule has 1 rings (SSSR count). The fourth-order valence-corrected chi connectivity index (χ4v) is 2.24. The van der Waals surface area contributed by atoms with Gasteiger partial charge in [0.1, 0.15) is 5.82 Å². The summed E-state index contributed by atoms with van der Waals surface area (Å²) in [5, 5.41) is 0. The Labute approximate surface area is 91.3 Å². The van der Waals surface area contributed by atoms with Crippen molar-refractivity contribution in [2.24, 2.45) is 0 Å². The van der Waals surface area contributed by atoms with Crippen LogP contribution in [0.15, 0.2) is 12.1 Å². The minimum Gasteiger partial charge on any atom is -0.280 e. The van der Waals surface area contributed by atoms with E-state index in [0.29, 0.717) is 18.6 Å². The first kappa shape index (κ1) is 12.8. The largest absolute Gasteiger partial charge is 0.280 e. The van der Waals surface area contributed by atoms with Gasteiger partial charge in [-0.1, -0.05) is 6.92 Å². The Morgan fingerprint density at radius 3 is 2.44 bits per heavy atom. The lowest BCUT2D eigenvalue weighted by Crippen LogP contribution is -2.17. The van der Waals surface area contributed by atoms with Crippen molar-refractivity contribution >= 4 is 15.7 Å². The first-order valence-electron chi connectivity index (χ1n) is 4.50. The van der Waals surface area contributed by atoms with Crippen LogP contribution in [0.3, 0.4) is 0 Å². The van der Waals surface area contributed by atoms with E-state index in [2.05, 4.69) is 0 Å². The molecule has 0 amide bonds. The first-order valence-corrected chi connectivity index (χ1v) is 6.16. The van der Waals surface area contributed by atoms with Crippen LogP contribution in [0.4, 0.5) is 18.9 Å². The molecule has 1 N–H and O–H groups in total. The second kappa shape index (κ2) is 4.73. The molecule has 0 aliphatic carbocycles. The van der Waals surface area contributed by atoms with E-state index in [9.17, 15) is 21.6 Å². The fourth-order valence-electron chi connectivity index (χ4n) is 1.12. The van der Waals surface area contributed by atoms with Gasteiger partial charge in [0.2, 0.25) is 10.0 Å². The van der Waals surface area contributed by atoms with Crippen LogP contribution in [0.5, 0.6) is 0 Å². The Bertz CT molecular complexity index is 488. The van der Waals surface area contributed by atoms with Gasteiger partial charge in [0.05, 0.1) is 11.4 Å². The summed E-state index contributed by atoms with van der Waals surface area (Å²) in [6, 6.07) is 0.929. The summed E-state index contributed by atoms with van der Waals surface area (Å²) < 4.78 is 62.9. The molecule has 0 spiro atoms. The zero-order valence-corrected chi connectivity index (χ0v) is 9.24. The molecule has 90 valence electrons. The van der Waals surface area contributed by atoms with E-state index in [-0.39, 0.29) is 5.75 Å². The van der Waals surface area contributed by atoms with E-state index in [4.69, 9.17) is 0 Å². The second-order valence-corrected chi connectivity index (χ2v) is 5.01. The van der Waals surface area contributed by atoms with E-state index in [1.54, 1.807) is 11.6 Å². The maximum absolute atomic E-state index is 13.1. The second-order valence-electron chi connectivity index (χ2n) is 3.17. The average molecular weight is 253 g/mol. The van der Waals surface area contributed by atoms with Gasteiger partial charge in [0.15, 0.2) is 11.6 Å². The predicted molar refractivity (Wildman–Crippen MR) is 54.0 cm³/mol. The van der Waals surface area contributed by atoms with Crippen molar-refractivity contribution in [1.29, 1.82) is 0 Å². The fraction of sp³-hybridized carbons (Fsp3) is 0.333. The van der Waals surface area contributed by atoms with Crippen LogP contribution in [0.25, 0.3) is 0 Å². The molecular weight excluding hydrogens is 243 g/mol. The minimum atomic E-state index is -3.76. The molecular formula is C9H10F3NO2S. The molecule has 0 fully saturated rings. The van der Waals surface area contributed by atoms with Crippen LogP contribution in [0.2, 0.25) is 0 Å². The Morgan fingerprint density at radius 2 is 1.88 bits per heavy atom. The molecule has 0 atom stereocenters. The number of benzene rings is 1. The van der Waals surface area contributed by atoms with Gasteiger partial charge in [0.25, 0.3) is 0 Å². The molecule has 0 radical (unpaired) electrons. The van der Waals surface area contributed by atoms with Crippen molar-refractivity contribution in [3.63, 3.8) is 0 Å². The van der Waals surface area contributed by atoms with Crippen LogP contribution in [-0.4, -0.2) is 14.2 Å². The van der Waals surface area contributed by atoms with Crippen molar-refractivity contribution in [3.8, 4) is 0 Å². The number of nitrogens with one attached hydrogen (secondary N) is 1. The number of sulfonamides is 1. The zero-order chi connectivity index (χ0) is 12.3. The molecule has 0 unspecified atom stereocenters. The smallest absolute Gasteiger partial charge is 0.232 e. The summed E-state index contributed by atoms with van der Waals surface area (Å²) in [5.41, 5.74) is -0.717. The predicted octanol–water partition coefficient (Wildman–Crippen LogP) is 2.26. The highest BCUT2D eigenvalue weighted by Crippen LogP contribution is 2.20. The third kappa shape index (κ3) is 3.13. The maximum atomic E-state index is 13.1. The van der Waals surface area contributed by atoms with Crippen molar-refractivity contribution in [2.45, 2.75) is 13.3 Å². The first-order chi connectivity index (χ1) is 7.35. The number of hydrogen-bond acceptors (Lipinski definition) is 2. The van der Waals surface area contributed by atoms with E-state index in [1.165, 1.54) is 0 Å². The summed E-state index contributed by atoms with van der Waals surface area (Å²) in [7, 11) is -3.76. The van der Waals surface area contributed by atoms with Crippen LogP contribution in [0, 0.1) is 17.5 Å². The number of halogens is 3. The van der Waals surface area contributed by atoms with Gasteiger partial charge in [-0.25, -0.2) is 21.6 Å². The highest BCUT2D eigenvalue weighted by atomic mass is 32.2. The lowest BCUT2D eigenvalue weighted by Gasteiger charge is -2.08. The van der Waals surface area contributed by atoms with E-state index in [0.717, 1.165) is 0 Å². The Morgan fingerprint density at radius 1 is 1.25 bits per heavy atom. The standard InChI is InChI=1S/C9H10F3NO2S/c1-2-3-16(14,15)13-8-5-6(10)4-7(11)9(8)12/h4-5,13H,2-3H2,1H3. The Kier molecular flexibility index (Phi) is 3.79. The Balaban J connectivity index is 3.07. The molecule has 0 aromatic heterocycles. The van der Waals surface area contributed by atoms with Gasteiger partial charge in [-0.2, -0.15) is 0 Å². The Hall–Kier alpha value is -1.24.